The van der Waals surface area contributed by atoms with E-state index in [9.17, 15) is 22.4 Å². The molecule has 1 aromatic carbocycles. The zero-order valence-electron chi connectivity index (χ0n) is 18.2. The molecule has 0 unspecified atom stereocenters. The quantitative estimate of drug-likeness (QED) is 0.385. The van der Waals surface area contributed by atoms with Gasteiger partial charge in [-0.3, -0.25) is 10.1 Å². The smallest absolute Gasteiger partial charge is 0.324 e. The van der Waals surface area contributed by atoms with Crippen molar-refractivity contribution in [1.82, 2.24) is 14.9 Å². The lowest BCUT2D eigenvalue weighted by molar-refractivity contribution is -0.118. The summed E-state index contributed by atoms with van der Waals surface area (Å²) in [5.74, 6) is -0.349. The van der Waals surface area contributed by atoms with Gasteiger partial charge >= 0.3 is 6.03 Å². The van der Waals surface area contributed by atoms with Gasteiger partial charge < -0.3 is 9.64 Å². The van der Waals surface area contributed by atoms with Gasteiger partial charge in [-0.25, -0.2) is 22.3 Å². The Morgan fingerprint density at radius 3 is 2.72 bits per heavy atom. The Morgan fingerprint density at radius 2 is 2.03 bits per heavy atom. The summed E-state index contributed by atoms with van der Waals surface area (Å²) in [5, 5.41) is 2.17. The van der Waals surface area contributed by atoms with Gasteiger partial charge in [0, 0.05) is 12.6 Å². The molecule has 1 atom stereocenters. The van der Waals surface area contributed by atoms with Crippen molar-refractivity contribution in [2.75, 3.05) is 25.4 Å². The van der Waals surface area contributed by atoms with Crippen LogP contribution in [0.5, 0.6) is 5.75 Å². The number of nitrogens with one attached hydrogen (secondary N) is 2. The molecule has 0 radical (unpaired) electrons. The van der Waals surface area contributed by atoms with Crippen molar-refractivity contribution in [3.05, 3.63) is 41.7 Å². The van der Waals surface area contributed by atoms with Crippen LogP contribution >= 0.6 is 0 Å². The molecule has 8 nitrogen and oxygen atoms in total. The molecule has 3 amide bonds. The molecule has 10 heteroatoms. The van der Waals surface area contributed by atoms with Gasteiger partial charge in [0.1, 0.15) is 6.54 Å². The number of allylic oxidation sites excluding steroid dienone is 1. The summed E-state index contributed by atoms with van der Waals surface area (Å²) in [7, 11) is -3.58. The van der Waals surface area contributed by atoms with E-state index < -0.39 is 27.9 Å². The maximum atomic E-state index is 14.1. The Hall–Kier alpha value is -2.46. The number of carbonyl (C=O) groups is 2. The number of nitrogens with zero attached hydrogens (tertiary/aromatic N) is 1. The molecule has 1 aliphatic heterocycles. The molecule has 32 heavy (non-hydrogen) atoms. The first-order valence-electron chi connectivity index (χ1n) is 10.9. The van der Waals surface area contributed by atoms with Crippen LogP contribution in [0.15, 0.2) is 30.4 Å². The lowest BCUT2D eigenvalue weighted by Crippen LogP contribution is -2.29. The fourth-order valence-electron chi connectivity index (χ4n) is 3.85. The number of rotatable bonds is 11. The first-order chi connectivity index (χ1) is 15.2. The van der Waals surface area contributed by atoms with Crippen LogP contribution in [0, 0.1) is 11.7 Å². The van der Waals surface area contributed by atoms with Crippen LogP contribution in [0.2, 0.25) is 0 Å². The van der Waals surface area contributed by atoms with E-state index in [1.807, 2.05) is 0 Å². The van der Waals surface area contributed by atoms with Crippen molar-refractivity contribution in [2.24, 2.45) is 5.92 Å². The zero-order valence-corrected chi connectivity index (χ0v) is 19.0. The average Bonchev–Trinajstić information content (AvgIpc) is 3.35. The number of halogens is 1. The molecule has 0 spiro atoms. The third-order valence-corrected chi connectivity index (χ3v) is 7.16. The number of urea groups is 1. The second-order valence-corrected chi connectivity index (χ2v) is 10.2. The van der Waals surface area contributed by atoms with Crippen LogP contribution in [-0.4, -0.2) is 50.7 Å². The summed E-state index contributed by atoms with van der Waals surface area (Å²) in [6.45, 7) is 2.41. The summed E-state index contributed by atoms with van der Waals surface area (Å²) in [6.07, 6.45) is 8.11. The van der Waals surface area contributed by atoms with Crippen LogP contribution in [0.25, 0.3) is 0 Å². The average molecular weight is 468 g/mol. The van der Waals surface area contributed by atoms with Crippen molar-refractivity contribution in [1.29, 1.82) is 0 Å². The maximum Gasteiger partial charge on any atom is 0.324 e. The van der Waals surface area contributed by atoms with Crippen LogP contribution in [-0.2, 0) is 14.8 Å². The Balaban J connectivity index is 1.47. The molecule has 2 fully saturated rings. The third-order valence-electron chi connectivity index (χ3n) is 5.67. The lowest BCUT2D eigenvalue weighted by Gasteiger charge is -2.17. The fourth-order valence-corrected chi connectivity index (χ4v) is 5.09. The minimum absolute atomic E-state index is 0.00453. The van der Waals surface area contributed by atoms with Gasteiger partial charge in [0.05, 0.1) is 12.4 Å². The molecule has 3 rings (SSSR count). The number of sulfonamides is 1. The SMILES string of the molecule is C[C@@H](NS(=O)(=O)CC/C=C/CN1CC(=O)NC1=O)c1ccc(F)c(OCC2CCCC2)c1. The number of benzene rings is 1. The monoisotopic (exact) mass is 467 g/mol. The molecule has 176 valence electrons. The van der Waals surface area contributed by atoms with Gasteiger partial charge in [-0.15, -0.1) is 0 Å². The van der Waals surface area contributed by atoms with E-state index in [-0.39, 0.29) is 36.9 Å². The molecule has 0 aromatic heterocycles. The fraction of sp³-hybridized carbons (Fsp3) is 0.545. The van der Waals surface area contributed by atoms with Crippen LogP contribution in [0.1, 0.15) is 50.6 Å². The van der Waals surface area contributed by atoms with E-state index >= 15 is 0 Å². The molecule has 1 heterocycles. The van der Waals surface area contributed by atoms with Crippen molar-refractivity contribution < 1.29 is 27.1 Å². The standard InChI is InChI=1S/C22H30FN3O5S/c1-16(18-9-10-19(23)20(13-18)31-15-17-7-3-4-8-17)25-32(29,30)12-6-2-5-11-26-14-21(27)24-22(26)28/h2,5,9-10,13,16-17,25H,3-4,6-8,11-12,14-15H2,1H3,(H,24,27,28)/b5-2+/t16-/m1/s1. The van der Waals surface area contributed by atoms with Gasteiger partial charge in [0.15, 0.2) is 11.6 Å². The Kier molecular flexibility index (Phi) is 8.25. The third kappa shape index (κ3) is 7.03. The van der Waals surface area contributed by atoms with Gasteiger partial charge in [0.25, 0.3) is 0 Å². The van der Waals surface area contributed by atoms with Crippen LogP contribution < -0.4 is 14.8 Å². The summed E-state index contributed by atoms with van der Waals surface area (Å²) >= 11 is 0. The maximum absolute atomic E-state index is 14.1. The van der Waals surface area contributed by atoms with Gasteiger partial charge in [-0.05, 0) is 49.8 Å². The molecular weight excluding hydrogens is 437 g/mol. The normalized spacial score (nSPS) is 18.5. The van der Waals surface area contributed by atoms with Gasteiger partial charge in [0.2, 0.25) is 15.9 Å². The number of imide groups is 1. The predicted molar refractivity (Wildman–Crippen MR) is 118 cm³/mol. The highest BCUT2D eigenvalue weighted by Gasteiger charge is 2.25. The Bertz CT molecular complexity index is 960. The zero-order chi connectivity index (χ0) is 23.1. The number of ether oxygens (including phenoxy) is 1. The van der Waals surface area contributed by atoms with Crippen LogP contribution in [0.4, 0.5) is 9.18 Å². The molecule has 0 bridgehead atoms. The summed E-state index contributed by atoms with van der Waals surface area (Å²) in [4.78, 5) is 23.9. The minimum atomic E-state index is -3.58. The molecule has 1 saturated carbocycles. The van der Waals surface area contributed by atoms with Gasteiger partial charge in [-0.2, -0.15) is 0 Å². The van der Waals surface area contributed by atoms with E-state index in [2.05, 4.69) is 10.0 Å². The van der Waals surface area contributed by atoms with Crippen LogP contribution in [0.3, 0.4) is 0 Å². The highest BCUT2D eigenvalue weighted by Crippen LogP contribution is 2.28. The second kappa shape index (κ2) is 10.9. The second-order valence-electron chi connectivity index (χ2n) is 8.30. The van der Waals surface area contributed by atoms with E-state index in [4.69, 9.17) is 4.74 Å². The van der Waals surface area contributed by atoms with Crippen molar-refractivity contribution >= 4 is 22.0 Å². The number of carbonyl (C=O) groups excluding carboxylic acids is 2. The van der Waals surface area contributed by atoms with Crippen molar-refractivity contribution in [3.63, 3.8) is 0 Å². The van der Waals surface area contributed by atoms with E-state index in [1.165, 1.54) is 23.8 Å². The summed E-state index contributed by atoms with van der Waals surface area (Å²) in [6, 6.07) is 3.41. The first-order valence-corrected chi connectivity index (χ1v) is 12.5. The molecule has 1 aliphatic carbocycles. The predicted octanol–water partition coefficient (Wildman–Crippen LogP) is 2.87. The number of hydrogen-bond donors (Lipinski definition) is 2. The molecular formula is C22H30FN3O5S. The van der Waals surface area contributed by atoms with E-state index in [1.54, 1.807) is 31.2 Å². The lowest BCUT2D eigenvalue weighted by atomic mass is 10.1. The molecule has 2 N–H and O–H groups in total. The Morgan fingerprint density at radius 1 is 1.28 bits per heavy atom. The van der Waals surface area contributed by atoms with Crippen molar-refractivity contribution in [2.45, 2.75) is 45.1 Å². The van der Waals surface area contributed by atoms with E-state index in [0.29, 0.717) is 18.1 Å². The highest BCUT2D eigenvalue weighted by atomic mass is 32.2. The summed E-state index contributed by atoms with van der Waals surface area (Å²) < 4.78 is 47.2. The number of hydrogen-bond acceptors (Lipinski definition) is 5. The molecule has 2 aliphatic rings. The largest absolute Gasteiger partial charge is 0.490 e. The van der Waals surface area contributed by atoms with Crippen molar-refractivity contribution in [3.8, 4) is 5.75 Å². The van der Waals surface area contributed by atoms with E-state index in [0.717, 1.165) is 12.8 Å². The Labute approximate surface area is 188 Å². The summed E-state index contributed by atoms with van der Waals surface area (Å²) in [5.41, 5.74) is 0.622. The topological polar surface area (TPSA) is 105 Å². The number of amides is 3. The minimum Gasteiger partial charge on any atom is -0.490 e. The molecule has 1 aromatic rings. The highest BCUT2D eigenvalue weighted by molar-refractivity contribution is 7.89. The first kappa shape index (κ1) is 24.2. The molecule has 1 saturated heterocycles. The van der Waals surface area contributed by atoms with Gasteiger partial charge in [-0.1, -0.05) is 31.1 Å².